The molecule has 0 saturated carbocycles. The van der Waals surface area contributed by atoms with Crippen molar-refractivity contribution in [3.63, 3.8) is 0 Å². The number of carbonyl (C=O) groups excluding carboxylic acids is 3. The van der Waals surface area contributed by atoms with Crippen molar-refractivity contribution < 1.29 is 19.1 Å². The molecule has 22 heavy (non-hydrogen) atoms. The normalized spacial score (nSPS) is 12.9. The number of urea groups is 1. The number of hydrogen-bond donors (Lipinski definition) is 2. The maximum Gasteiger partial charge on any atom is 0.321 e. The van der Waals surface area contributed by atoms with Crippen LogP contribution in [0.5, 0.6) is 0 Å². The molecule has 1 rings (SSSR count). The fourth-order valence-electron chi connectivity index (χ4n) is 1.36. The van der Waals surface area contributed by atoms with Gasteiger partial charge in [-0.15, -0.1) is 11.8 Å². The van der Waals surface area contributed by atoms with Gasteiger partial charge in [-0.25, -0.2) is 4.79 Å². The van der Waals surface area contributed by atoms with E-state index in [2.05, 4.69) is 5.32 Å². The van der Waals surface area contributed by atoms with Gasteiger partial charge in [0, 0.05) is 17.0 Å². The lowest BCUT2D eigenvalue weighted by Crippen LogP contribution is -2.44. The first-order valence-electron chi connectivity index (χ1n) is 6.48. The molecular formula is C14H17ClN2O4S. The third-order valence-electron chi connectivity index (χ3n) is 2.58. The molecule has 0 aliphatic heterocycles. The molecule has 0 unspecified atom stereocenters. The number of hydrogen-bond acceptors (Lipinski definition) is 5. The Morgan fingerprint density at radius 2 is 1.77 bits per heavy atom. The van der Waals surface area contributed by atoms with Crippen LogP contribution in [0.4, 0.5) is 4.79 Å². The van der Waals surface area contributed by atoms with Gasteiger partial charge in [0.25, 0.3) is 5.91 Å². The van der Waals surface area contributed by atoms with Crippen LogP contribution in [0, 0.1) is 0 Å². The van der Waals surface area contributed by atoms with Gasteiger partial charge in [0.2, 0.25) is 0 Å². The van der Waals surface area contributed by atoms with E-state index in [4.69, 9.17) is 16.3 Å². The van der Waals surface area contributed by atoms with Crippen LogP contribution in [0.15, 0.2) is 29.2 Å². The number of imide groups is 1. The number of carbonyl (C=O) groups is 3. The van der Waals surface area contributed by atoms with Gasteiger partial charge in [-0.2, -0.15) is 0 Å². The van der Waals surface area contributed by atoms with Crippen molar-refractivity contribution in [3.05, 3.63) is 29.3 Å². The van der Waals surface area contributed by atoms with E-state index in [9.17, 15) is 14.4 Å². The molecule has 0 radical (unpaired) electrons. The molecule has 3 amide bonds. The first-order chi connectivity index (χ1) is 10.3. The van der Waals surface area contributed by atoms with Gasteiger partial charge < -0.3 is 10.1 Å². The Labute approximate surface area is 137 Å². The van der Waals surface area contributed by atoms with Gasteiger partial charge in [-0.05, 0) is 38.1 Å². The van der Waals surface area contributed by atoms with Crippen LogP contribution >= 0.6 is 23.4 Å². The van der Waals surface area contributed by atoms with E-state index in [1.165, 1.54) is 25.7 Å². The van der Waals surface area contributed by atoms with Gasteiger partial charge in [0.05, 0.1) is 0 Å². The monoisotopic (exact) mass is 344 g/mol. The van der Waals surface area contributed by atoms with Gasteiger partial charge in [0.1, 0.15) is 5.25 Å². The third kappa shape index (κ3) is 5.95. The Hall–Kier alpha value is -1.73. The lowest BCUT2D eigenvalue weighted by Gasteiger charge is -2.16. The smallest absolute Gasteiger partial charge is 0.321 e. The summed E-state index contributed by atoms with van der Waals surface area (Å²) in [4.78, 5) is 35.4. The topological polar surface area (TPSA) is 84.5 Å². The number of rotatable bonds is 5. The Balaban J connectivity index is 2.51. The highest BCUT2D eigenvalue weighted by Crippen LogP contribution is 2.25. The minimum atomic E-state index is -1.06. The summed E-state index contributed by atoms with van der Waals surface area (Å²) in [6.45, 7) is 3.07. The molecule has 8 heteroatoms. The fraction of sp³-hybridized carbons (Fsp3) is 0.357. The number of amides is 3. The second-order valence-electron chi connectivity index (χ2n) is 4.36. The van der Waals surface area contributed by atoms with Crippen LogP contribution < -0.4 is 10.6 Å². The standard InChI is InChI=1S/C14H17ClN2O4S/c1-8(12(18)17-14(20)16-3)21-13(19)9(2)22-11-6-4-10(15)5-7-11/h4-9H,1-3H3,(H2,16,17,18,20)/t8-,9+/m0/s1. The zero-order valence-electron chi connectivity index (χ0n) is 12.4. The number of thioether (sulfide) groups is 1. The zero-order chi connectivity index (χ0) is 16.7. The van der Waals surface area contributed by atoms with E-state index in [0.29, 0.717) is 5.02 Å². The maximum absolute atomic E-state index is 11.9. The average molecular weight is 345 g/mol. The van der Waals surface area contributed by atoms with Gasteiger partial charge in [0.15, 0.2) is 6.10 Å². The second-order valence-corrected chi connectivity index (χ2v) is 6.21. The first-order valence-corrected chi connectivity index (χ1v) is 7.74. The van der Waals surface area contributed by atoms with Crippen LogP contribution in [0.25, 0.3) is 0 Å². The zero-order valence-corrected chi connectivity index (χ0v) is 14.0. The summed E-state index contributed by atoms with van der Waals surface area (Å²) in [7, 11) is 1.38. The molecule has 6 nitrogen and oxygen atoms in total. The highest BCUT2D eigenvalue weighted by atomic mass is 35.5. The third-order valence-corrected chi connectivity index (χ3v) is 3.93. The van der Waals surface area contributed by atoms with E-state index >= 15 is 0 Å². The van der Waals surface area contributed by atoms with Crippen molar-refractivity contribution in [2.75, 3.05) is 7.05 Å². The molecule has 0 spiro atoms. The van der Waals surface area contributed by atoms with Crippen molar-refractivity contribution in [1.82, 2.24) is 10.6 Å². The lowest BCUT2D eigenvalue weighted by molar-refractivity contribution is -0.153. The molecule has 2 atom stereocenters. The van der Waals surface area contributed by atoms with E-state index in [1.54, 1.807) is 31.2 Å². The number of esters is 1. The van der Waals surface area contributed by atoms with Crippen LogP contribution in [-0.2, 0) is 14.3 Å². The van der Waals surface area contributed by atoms with E-state index < -0.39 is 29.3 Å². The number of ether oxygens (including phenoxy) is 1. The van der Waals surface area contributed by atoms with E-state index in [-0.39, 0.29) is 0 Å². The molecule has 120 valence electrons. The number of halogens is 1. The van der Waals surface area contributed by atoms with Gasteiger partial charge in [-0.3, -0.25) is 14.9 Å². The van der Waals surface area contributed by atoms with Gasteiger partial charge in [-0.1, -0.05) is 11.6 Å². The minimum Gasteiger partial charge on any atom is -0.452 e. The first kappa shape index (κ1) is 18.3. The molecule has 2 N–H and O–H groups in total. The molecule has 0 fully saturated rings. The fourth-order valence-corrected chi connectivity index (χ4v) is 2.34. The predicted molar refractivity (Wildman–Crippen MR) is 84.9 cm³/mol. The SMILES string of the molecule is CNC(=O)NC(=O)[C@H](C)OC(=O)[C@@H](C)Sc1ccc(Cl)cc1. The van der Waals surface area contributed by atoms with Crippen molar-refractivity contribution in [1.29, 1.82) is 0 Å². The summed E-state index contributed by atoms with van der Waals surface area (Å²) in [5.74, 6) is -1.23. The minimum absolute atomic E-state index is 0.503. The van der Waals surface area contributed by atoms with Crippen molar-refractivity contribution in [3.8, 4) is 0 Å². The van der Waals surface area contributed by atoms with Crippen molar-refractivity contribution in [2.45, 2.75) is 30.1 Å². The quantitative estimate of drug-likeness (QED) is 0.632. The van der Waals surface area contributed by atoms with Crippen LogP contribution in [0.3, 0.4) is 0 Å². The maximum atomic E-state index is 11.9. The Morgan fingerprint density at radius 1 is 1.18 bits per heavy atom. The van der Waals surface area contributed by atoms with Gasteiger partial charge >= 0.3 is 12.0 Å². The molecule has 1 aromatic rings. The van der Waals surface area contributed by atoms with Crippen LogP contribution in [0.2, 0.25) is 5.02 Å². The molecular weight excluding hydrogens is 328 g/mol. The summed E-state index contributed by atoms with van der Waals surface area (Å²) >= 11 is 7.08. The van der Waals surface area contributed by atoms with Crippen LogP contribution in [-0.4, -0.2) is 36.3 Å². The summed E-state index contributed by atoms with van der Waals surface area (Å²) in [5.41, 5.74) is 0. The average Bonchev–Trinajstić information content (AvgIpc) is 2.49. The number of nitrogens with one attached hydrogen (secondary N) is 2. The summed E-state index contributed by atoms with van der Waals surface area (Å²) in [5, 5.41) is 4.39. The summed E-state index contributed by atoms with van der Waals surface area (Å²) < 4.78 is 5.04. The number of benzene rings is 1. The molecule has 0 bridgehead atoms. The Kier molecular flexibility index (Phi) is 7.20. The van der Waals surface area contributed by atoms with Crippen LogP contribution in [0.1, 0.15) is 13.8 Å². The second kappa shape index (κ2) is 8.65. The molecule has 0 aliphatic rings. The highest BCUT2D eigenvalue weighted by Gasteiger charge is 2.23. The molecule has 0 saturated heterocycles. The van der Waals surface area contributed by atoms with E-state index in [0.717, 1.165) is 4.90 Å². The Bertz CT molecular complexity index is 550. The summed E-state index contributed by atoms with van der Waals surface area (Å²) in [6.07, 6.45) is -1.06. The molecule has 0 aromatic heterocycles. The summed E-state index contributed by atoms with van der Waals surface area (Å²) in [6, 6.07) is 6.37. The molecule has 0 aliphatic carbocycles. The predicted octanol–water partition coefficient (Wildman–Crippen LogP) is 2.21. The Morgan fingerprint density at radius 3 is 2.32 bits per heavy atom. The van der Waals surface area contributed by atoms with Crippen molar-refractivity contribution in [2.24, 2.45) is 0 Å². The largest absolute Gasteiger partial charge is 0.452 e. The lowest BCUT2D eigenvalue weighted by atomic mass is 10.3. The highest BCUT2D eigenvalue weighted by molar-refractivity contribution is 8.00. The molecule has 1 aromatic carbocycles. The van der Waals surface area contributed by atoms with Crippen molar-refractivity contribution >= 4 is 41.3 Å². The van der Waals surface area contributed by atoms with E-state index in [1.807, 2.05) is 5.32 Å². The molecule has 0 heterocycles.